The van der Waals surface area contributed by atoms with Gasteiger partial charge in [0.25, 0.3) is 11.0 Å². The molecule has 1 aromatic carbocycles. The second-order valence-corrected chi connectivity index (χ2v) is 8.93. The SMILES string of the molecule is [C-]#[N+]CSc1nnc(N=Nc2ccc(N(C(C)CC)C(C)CC)cc2NC(C)=O)s1. The minimum absolute atomic E-state index is 0.170. The van der Waals surface area contributed by atoms with Crippen LogP contribution in [0.3, 0.4) is 0 Å². The van der Waals surface area contributed by atoms with Crippen LogP contribution in [0, 0.1) is 6.57 Å². The van der Waals surface area contributed by atoms with Gasteiger partial charge in [-0.05, 0) is 56.7 Å². The number of thioether (sulfide) groups is 1. The van der Waals surface area contributed by atoms with E-state index in [0.717, 1.165) is 18.5 Å². The maximum absolute atomic E-state index is 11.8. The van der Waals surface area contributed by atoms with E-state index in [2.05, 4.69) is 63.2 Å². The number of amides is 1. The third-order valence-electron chi connectivity index (χ3n) is 4.61. The number of carbonyl (C=O) groups is 1. The number of nitrogens with one attached hydrogen (secondary N) is 1. The van der Waals surface area contributed by atoms with E-state index in [4.69, 9.17) is 6.57 Å². The Kier molecular flexibility index (Phi) is 9.20. The molecule has 1 aromatic heterocycles. The van der Waals surface area contributed by atoms with Gasteiger partial charge in [-0.2, -0.15) is 0 Å². The standard InChI is InChI=1S/C20H27N7OS2/c1-7-13(3)27(14(4)8-2)16-9-10-17(18(11-16)22-15(5)28)23-24-19-25-26-20(30-19)29-12-21-6/h9-11,13-14H,7-8,12H2,1-5H3,(H,22,28). The summed E-state index contributed by atoms with van der Waals surface area (Å²) in [7, 11) is 0. The lowest BCUT2D eigenvalue weighted by molar-refractivity contribution is -0.114. The van der Waals surface area contributed by atoms with E-state index in [9.17, 15) is 4.79 Å². The molecule has 0 aliphatic heterocycles. The number of rotatable bonds is 10. The number of benzene rings is 1. The summed E-state index contributed by atoms with van der Waals surface area (Å²) in [5.74, 6) is 0.124. The van der Waals surface area contributed by atoms with E-state index in [-0.39, 0.29) is 5.91 Å². The summed E-state index contributed by atoms with van der Waals surface area (Å²) in [4.78, 5) is 17.4. The van der Waals surface area contributed by atoms with Crippen molar-refractivity contribution in [2.75, 3.05) is 16.1 Å². The van der Waals surface area contributed by atoms with Crippen molar-refractivity contribution in [3.05, 3.63) is 29.6 Å². The van der Waals surface area contributed by atoms with Gasteiger partial charge in [-0.3, -0.25) is 4.79 Å². The zero-order chi connectivity index (χ0) is 22.1. The fourth-order valence-corrected chi connectivity index (χ4v) is 4.18. The highest BCUT2D eigenvalue weighted by atomic mass is 32.2. The highest BCUT2D eigenvalue weighted by molar-refractivity contribution is 8.01. The Balaban J connectivity index is 2.34. The first-order valence-corrected chi connectivity index (χ1v) is 11.6. The van der Waals surface area contributed by atoms with Gasteiger partial charge in [-0.1, -0.05) is 25.2 Å². The third-order valence-corrected chi connectivity index (χ3v) is 6.40. The van der Waals surface area contributed by atoms with Gasteiger partial charge < -0.3 is 15.1 Å². The van der Waals surface area contributed by atoms with Crippen LogP contribution >= 0.6 is 23.1 Å². The Morgan fingerprint density at radius 3 is 2.57 bits per heavy atom. The van der Waals surface area contributed by atoms with Gasteiger partial charge in [0.1, 0.15) is 5.69 Å². The molecular formula is C20H27N7OS2. The molecule has 0 aliphatic carbocycles. The summed E-state index contributed by atoms with van der Waals surface area (Å²) in [6, 6.07) is 6.55. The summed E-state index contributed by atoms with van der Waals surface area (Å²) < 4.78 is 0.676. The molecule has 30 heavy (non-hydrogen) atoms. The van der Waals surface area contributed by atoms with Crippen molar-refractivity contribution < 1.29 is 4.79 Å². The number of carbonyl (C=O) groups excluding carboxylic acids is 1. The van der Waals surface area contributed by atoms with Crippen LogP contribution < -0.4 is 10.2 Å². The van der Waals surface area contributed by atoms with E-state index < -0.39 is 0 Å². The van der Waals surface area contributed by atoms with Crippen LogP contribution in [0.25, 0.3) is 4.85 Å². The molecule has 8 nitrogen and oxygen atoms in total. The number of hydrogen-bond acceptors (Lipinski definition) is 8. The molecule has 1 N–H and O–H groups in total. The molecular weight excluding hydrogens is 418 g/mol. The minimum atomic E-state index is -0.170. The quantitative estimate of drug-likeness (QED) is 0.264. The Morgan fingerprint density at radius 1 is 1.27 bits per heavy atom. The largest absolute Gasteiger partial charge is 0.366 e. The number of nitrogens with zero attached hydrogens (tertiary/aromatic N) is 6. The number of aromatic nitrogens is 2. The zero-order valence-corrected chi connectivity index (χ0v) is 19.5. The summed E-state index contributed by atoms with van der Waals surface area (Å²) in [5, 5.41) is 19.7. The molecule has 2 atom stereocenters. The molecule has 2 unspecified atom stereocenters. The van der Waals surface area contributed by atoms with Crippen molar-refractivity contribution in [1.82, 2.24) is 10.2 Å². The third kappa shape index (κ3) is 6.50. The van der Waals surface area contributed by atoms with Gasteiger partial charge >= 0.3 is 0 Å². The molecule has 0 saturated heterocycles. The smallest absolute Gasteiger partial charge is 0.266 e. The van der Waals surface area contributed by atoms with E-state index in [1.54, 1.807) is 0 Å². The lowest BCUT2D eigenvalue weighted by atomic mass is 10.1. The summed E-state index contributed by atoms with van der Waals surface area (Å²) in [6.07, 6.45) is 2.04. The topological polar surface area (TPSA) is 87.2 Å². The second-order valence-electron chi connectivity index (χ2n) is 6.79. The van der Waals surface area contributed by atoms with Gasteiger partial charge in [-0.15, -0.1) is 20.4 Å². The predicted molar refractivity (Wildman–Crippen MR) is 124 cm³/mol. The molecule has 0 fully saturated rings. The van der Waals surface area contributed by atoms with Gasteiger partial charge in [0, 0.05) is 24.7 Å². The van der Waals surface area contributed by atoms with Crippen LogP contribution in [0.2, 0.25) is 0 Å². The van der Waals surface area contributed by atoms with Gasteiger partial charge in [-0.25, -0.2) is 6.57 Å². The van der Waals surface area contributed by atoms with Crippen molar-refractivity contribution >= 4 is 51.2 Å². The van der Waals surface area contributed by atoms with Crippen molar-refractivity contribution in [3.8, 4) is 0 Å². The second kappa shape index (κ2) is 11.6. The first-order valence-electron chi connectivity index (χ1n) is 9.80. The summed E-state index contributed by atoms with van der Waals surface area (Å²) in [5.41, 5.74) is 2.19. The molecule has 0 aliphatic rings. The molecule has 2 rings (SSSR count). The van der Waals surface area contributed by atoms with Crippen molar-refractivity contribution in [3.63, 3.8) is 0 Å². The Morgan fingerprint density at radius 2 is 1.97 bits per heavy atom. The maximum atomic E-state index is 11.8. The van der Waals surface area contributed by atoms with Crippen LogP contribution in [-0.2, 0) is 4.79 Å². The van der Waals surface area contributed by atoms with Crippen LogP contribution in [0.15, 0.2) is 32.8 Å². The molecule has 1 heterocycles. The summed E-state index contributed by atoms with van der Waals surface area (Å²) >= 11 is 2.59. The van der Waals surface area contributed by atoms with Gasteiger partial charge in [0.2, 0.25) is 5.91 Å². The highest BCUT2D eigenvalue weighted by Crippen LogP contribution is 2.35. The van der Waals surface area contributed by atoms with Crippen molar-refractivity contribution in [2.45, 2.75) is 63.9 Å². The zero-order valence-electron chi connectivity index (χ0n) is 17.9. The fraction of sp³-hybridized carbons (Fsp3) is 0.500. The Hall–Kier alpha value is -2.51. The normalized spacial score (nSPS) is 13.1. The minimum Gasteiger partial charge on any atom is -0.366 e. The Labute approximate surface area is 186 Å². The maximum Gasteiger partial charge on any atom is 0.266 e. The molecule has 160 valence electrons. The lowest BCUT2D eigenvalue weighted by Gasteiger charge is -2.36. The lowest BCUT2D eigenvalue weighted by Crippen LogP contribution is -2.39. The highest BCUT2D eigenvalue weighted by Gasteiger charge is 2.20. The van der Waals surface area contributed by atoms with Crippen molar-refractivity contribution in [1.29, 1.82) is 0 Å². The van der Waals surface area contributed by atoms with Gasteiger partial charge in [0.05, 0.1) is 5.69 Å². The van der Waals surface area contributed by atoms with E-state index in [0.29, 0.717) is 38.8 Å². The predicted octanol–water partition coefficient (Wildman–Crippen LogP) is 6.28. The van der Waals surface area contributed by atoms with Crippen LogP contribution in [0.5, 0.6) is 0 Å². The van der Waals surface area contributed by atoms with Crippen LogP contribution in [0.1, 0.15) is 47.5 Å². The number of azo groups is 1. The van der Waals surface area contributed by atoms with Gasteiger partial charge in [0.15, 0.2) is 4.34 Å². The molecule has 0 saturated carbocycles. The van der Waals surface area contributed by atoms with Crippen molar-refractivity contribution in [2.24, 2.45) is 10.2 Å². The molecule has 0 bridgehead atoms. The van der Waals surface area contributed by atoms with E-state index >= 15 is 0 Å². The molecule has 10 heteroatoms. The average Bonchev–Trinajstić information content (AvgIpc) is 3.18. The van der Waals surface area contributed by atoms with E-state index in [1.165, 1.54) is 30.0 Å². The molecule has 1 amide bonds. The van der Waals surface area contributed by atoms with Crippen LogP contribution in [-0.4, -0.2) is 34.1 Å². The monoisotopic (exact) mass is 445 g/mol. The Bertz CT molecular complexity index is 912. The molecule has 2 aromatic rings. The van der Waals surface area contributed by atoms with E-state index in [1.807, 2.05) is 18.2 Å². The first-order chi connectivity index (χ1) is 14.4. The summed E-state index contributed by atoms with van der Waals surface area (Å²) in [6.45, 7) is 17.1. The number of hydrogen-bond donors (Lipinski definition) is 1. The first kappa shape index (κ1) is 23.8. The molecule has 0 spiro atoms. The fourth-order valence-electron chi connectivity index (χ4n) is 2.88. The molecule has 0 radical (unpaired) electrons. The van der Waals surface area contributed by atoms with Crippen LogP contribution in [0.4, 0.5) is 22.2 Å². The average molecular weight is 446 g/mol. The number of anilines is 2.